The van der Waals surface area contributed by atoms with Gasteiger partial charge in [-0.3, -0.25) is 9.59 Å². The highest BCUT2D eigenvalue weighted by atomic mass is 19.1. The second kappa shape index (κ2) is 7.54. The average Bonchev–Trinajstić information content (AvgIpc) is 2.55. The van der Waals surface area contributed by atoms with E-state index in [-0.39, 0.29) is 6.54 Å². The van der Waals surface area contributed by atoms with Crippen molar-refractivity contribution < 1.29 is 14.0 Å². The van der Waals surface area contributed by atoms with Crippen LogP contribution in [0.5, 0.6) is 0 Å². The predicted molar refractivity (Wildman–Crippen MR) is 87.4 cm³/mol. The van der Waals surface area contributed by atoms with Crippen LogP contribution in [0.1, 0.15) is 23.6 Å². The predicted octanol–water partition coefficient (Wildman–Crippen LogP) is 2.95. The molecule has 0 spiro atoms. The van der Waals surface area contributed by atoms with Crippen LogP contribution in [0.15, 0.2) is 42.5 Å². The molecule has 2 amide bonds. The largest absolute Gasteiger partial charge is 0.344 e. The fourth-order valence-corrected chi connectivity index (χ4v) is 2.27. The molecule has 0 atom stereocenters. The van der Waals surface area contributed by atoms with Crippen LogP contribution < -0.4 is 10.6 Å². The van der Waals surface area contributed by atoms with Gasteiger partial charge < -0.3 is 10.6 Å². The Balaban J connectivity index is 2.01. The molecule has 0 fully saturated rings. The third kappa shape index (κ3) is 4.16. The van der Waals surface area contributed by atoms with Crippen molar-refractivity contribution >= 4 is 17.5 Å². The smallest absolute Gasteiger partial charge is 0.313 e. The zero-order valence-electron chi connectivity index (χ0n) is 13.2. The highest BCUT2D eigenvalue weighted by molar-refractivity contribution is 6.39. The zero-order chi connectivity index (χ0) is 16.8. The van der Waals surface area contributed by atoms with E-state index in [4.69, 9.17) is 0 Å². The summed E-state index contributed by atoms with van der Waals surface area (Å²) in [6, 6.07) is 11.8. The maximum absolute atomic E-state index is 13.5. The lowest BCUT2D eigenvalue weighted by atomic mass is 10.1. The van der Waals surface area contributed by atoms with Crippen molar-refractivity contribution in [3.05, 3.63) is 65.0 Å². The van der Waals surface area contributed by atoms with Crippen LogP contribution in [0, 0.1) is 12.7 Å². The molecule has 0 saturated heterocycles. The van der Waals surface area contributed by atoms with Gasteiger partial charge in [0.25, 0.3) is 0 Å². The van der Waals surface area contributed by atoms with Gasteiger partial charge in [0, 0.05) is 17.8 Å². The van der Waals surface area contributed by atoms with Gasteiger partial charge in [-0.1, -0.05) is 43.3 Å². The number of aryl methyl sites for hydroxylation is 2. The molecule has 0 heterocycles. The summed E-state index contributed by atoms with van der Waals surface area (Å²) in [5.41, 5.74) is 2.83. The van der Waals surface area contributed by atoms with Gasteiger partial charge in [-0.15, -0.1) is 0 Å². The zero-order valence-corrected chi connectivity index (χ0v) is 13.2. The van der Waals surface area contributed by atoms with Gasteiger partial charge in [-0.05, 0) is 30.5 Å². The lowest BCUT2D eigenvalue weighted by Gasteiger charge is -2.13. The highest BCUT2D eigenvalue weighted by Crippen LogP contribution is 2.20. The molecule has 0 aromatic heterocycles. The molecule has 2 rings (SSSR count). The van der Waals surface area contributed by atoms with E-state index in [1.807, 2.05) is 32.0 Å². The van der Waals surface area contributed by atoms with Crippen LogP contribution in [-0.4, -0.2) is 11.8 Å². The minimum absolute atomic E-state index is 0.0344. The number of carbonyl (C=O) groups is 2. The lowest BCUT2D eigenvalue weighted by Crippen LogP contribution is -2.35. The summed E-state index contributed by atoms with van der Waals surface area (Å²) >= 11 is 0. The molecule has 4 nitrogen and oxygen atoms in total. The Hall–Kier alpha value is -2.69. The molecular weight excluding hydrogens is 295 g/mol. The number of nitrogens with one attached hydrogen (secondary N) is 2. The van der Waals surface area contributed by atoms with E-state index in [0.29, 0.717) is 11.3 Å². The van der Waals surface area contributed by atoms with Crippen molar-refractivity contribution in [3.63, 3.8) is 0 Å². The van der Waals surface area contributed by atoms with Gasteiger partial charge in [-0.2, -0.15) is 0 Å². The van der Waals surface area contributed by atoms with Crippen LogP contribution in [0.2, 0.25) is 0 Å². The molecule has 5 heteroatoms. The number of amides is 2. The van der Waals surface area contributed by atoms with Crippen LogP contribution >= 0.6 is 0 Å². The van der Waals surface area contributed by atoms with E-state index in [0.717, 1.165) is 17.5 Å². The lowest BCUT2D eigenvalue weighted by molar-refractivity contribution is -0.136. The standard InChI is InChI=1S/C18H19FN2O2/c1-3-13-9-6-7-12(2)16(13)21-18(23)17(22)20-11-14-8-4-5-10-15(14)19/h4-10H,3,11H2,1-2H3,(H,20,22)(H,21,23). The number of para-hydroxylation sites is 1. The monoisotopic (exact) mass is 314 g/mol. The first-order valence-electron chi connectivity index (χ1n) is 7.44. The molecule has 2 aromatic rings. The van der Waals surface area contributed by atoms with Crippen molar-refractivity contribution in [2.45, 2.75) is 26.8 Å². The molecule has 0 radical (unpaired) electrons. The number of halogens is 1. The van der Waals surface area contributed by atoms with Gasteiger partial charge in [0.15, 0.2) is 0 Å². The summed E-state index contributed by atoms with van der Waals surface area (Å²) in [5, 5.41) is 5.06. The molecular formula is C18H19FN2O2. The molecule has 2 aromatic carbocycles. The van der Waals surface area contributed by atoms with Crippen molar-refractivity contribution in [1.82, 2.24) is 5.32 Å². The van der Waals surface area contributed by atoms with E-state index in [1.54, 1.807) is 18.2 Å². The quantitative estimate of drug-likeness (QED) is 0.853. The molecule has 0 unspecified atom stereocenters. The topological polar surface area (TPSA) is 58.2 Å². The van der Waals surface area contributed by atoms with Crippen LogP contribution in [0.25, 0.3) is 0 Å². The van der Waals surface area contributed by atoms with Crippen LogP contribution in [0.4, 0.5) is 10.1 Å². The Morgan fingerprint density at radius 3 is 2.39 bits per heavy atom. The van der Waals surface area contributed by atoms with E-state index in [2.05, 4.69) is 10.6 Å². The second-order valence-corrected chi connectivity index (χ2v) is 5.19. The first-order chi connectivity index (χ1) is 11.0. The number of anilines is 1. The fraction of sp³-hybridized carbons (Fsp3) is 0.222. The molecule has 0 aliphatic carbocycles. The van der Waals surface area contributed by atoms with E-state index < -0.39 is 17.6 Å². The molecule has 0 aliphatic rings. The van der Waals surface area contributed by atoms with E-state index >= 15 is 0 Å². The number of hydrogen-bond donors (Lipinski definition) is 2. The normalized spacial score (nSPS) is 10.2. The SMILES string of the molecule is CCc1cccc(C)c1NC(=O)C(=O)NCc1ccccc1F. The Labute approximate surface area is 134 Å². The summed E-state index contributed by atoms with van der Waals surface area (Å²) in [7, 11) is 0. The molecule has 0 saturated carbocycles. The second-order valence-electron chi connectivity index (χ2n) is 5.19. The van der Waals surface area contributed by atoms with Crippen LogP contribution in [-0.2, 0) is 22.6 Å². The summed E-state index contributed by atoms with van der Waals surface area (Å²) in [4.78, 5) is 23.9. The Morgan fingerprint density at radius 1 is 1.00 bits per heavy atom. The van der Waals surface area contributed by atoms with Crippen molar-refractivity contribution in [2.24, 2.45) is 0 Å². The number of carbonyl (C=O) groups excluding carboxylic acids is 2. The van der Waals surface area contributed by atoms with E-state index in [1.165, 1.54) is 6.07 Å². The first kappa shape index (κ1) is 16.7. The average molecular weight is 314 g/mol. The third-order valence-corrected chi connectivity index (χ3v) is 3.58. The fourth-order valence-electron chi connectivity index (χ4n) is 2.27. The summed E-state index contributed by atoms with van der Waals surface area (Å²) in [6.07, 6.45) is 0.744. The third-order valence-electron chi connectivity index (χ3n) is 3.58. The Kier molecular flexibility index (Phi) is 5.46. The summed E-state index contributed by atoms with van der Waals surface area (Å²) < 4.78 is 13.5. The summed E-state index contributed by atoms with van der Waals surface area (Å²) in [6.45, 7) is 3.81. The molecule has 2 N–H and O–H groups in total. The molecule has 0 bridgehead atoms. The van der Waals surface area contributed by atoms with Crippen molar-refractivity contribution in [2.75, 3.05) is 5.32 Å². The van der Waals surface area contributed by atoms with Crippen molar-refractivity contribution in [1.29, 1.82) is 0 Å². The van der Waals surface area contributed by atoms with Crippen molar-refractivity contribution in [3.8, 4) is 0 Å². The summed E-state index contributed by atoms with van der Waals surface area (Å²) in [5.74, 6) is -1.97. The maximum atomic E-state index is 13.5. The Bertz CT molecular complexity index is 729. The minimum atomic E-state index is -0.793. The molecule has 23 heavy (non-hydrogen) atoms. The molecule has 0 aliphatic heterocycles. The Morgan fingerprint density at radius 2 is 1.70 bits per heavy atom. The first-order valence-corrected chi connectivity index (χ1v) is 7.44. The van der Waals surface area contributed by atoms with Gasteiger partial charge in [0.1, 0.15) is 5.82 Å². The van der Waals surface area contributed by atoms with Gasteiger partial charge >= 0.3 is 11.8 Å². The number of rotatable bonds is 4. The minimum Gasteiger partial charge on any atom is -0.344 e. The number of hydrogen-bond acceptors (Lipinski definition) is 2. The van der Waals surface area contributed by atoms with Gasteiger partial charge in [0.05, 0.1) is 0 Å². The number of benzene rings is 2. The van der Waals surface area contributed by atoms with E-state index in [9.17, 15) is 14.0 Å². The maximum Gasteiger partial charge on any atom is 0.313 e. The highest BCUT2D eigenvalue weighted by Gasteiger charge is 2.16. The van der Waals surface area contributed by atoms with Gasteiger partial charge in [0.2, 0.25) is 0 Å². The van der Waals surface area contributed by atoms with Crippen LogP contribution in [0.3, 0.4) is 0 Å². The molecule has 120 valence electrons. The van der Waals surface area contributed by atoms with Gasteiger partial charge in [-0.25, -0.2) is 4.39 Å².